The molecule has 0 saturated heterocycles. The third-order valence-corrected chi connectivity index (χ3v) is 3.41. The third-order valence-electron chi connectivity index (χ3n) is 3.41. The van der Waals surface area contributed by atoms with E-state index < -0.39 is 5.92 Å². The molecular weight excluding hydrogens is 198 g/mol. The number of nitrogens with one attached hydrogen (secondary N) is 1. The Morgan fingerprint density at radius 3 is 2.47 bits per heavy atom. The van der Waals surface area contributed by atoms with Crippen LogP contribution in [0.25, 0.3) is 0 Å². The first-order valence-corrected chi connectivity index (χ1v) is 5.93. The van der Waals surface area contributed by atoms with Crippen LogP contribution >= 0.6 is 0 Å². The van der Waals surface area contributed by atoms with Crippen molar-refractivity contribution in [2.45, 2.75) is 63.8 Å². The van der Waals surface area contributed by atoms with Crippen LogP contribution in [0.15, 0.2) is 0 Å². The van der Waals surface area contributed by atoms with Gasteiger partial charge in [0.15, 0.2) is 0 Å². The molecular formula is C11H22F2N2. The maximum absolute atomic E-state index is 12.9. The Morgan fingerprint density at radius 1 is 1.40 bits per heavy atom. The van der Waals surface area contributed by atoms with Gasteiger partial charge in [-0.1, -0.05) is 19.8 Å². The highest BCUT2D eigenvalue weighted by atomic mass is 19.3. The van der Waals surface area contributed by atoms with Gasteiger partial charge < -0.3 is 0 Å². The average Bonchev–Trinajstić information content (AvgIpc) is 2.21. The maximum atomic E-state index is 12.9. The average molecular weight is 220 g/mol. The van der Waals surface area contributed by atoms with Gasteiger partial charge >= 0.3 is 0 Å². The Balaban J connectivity index is 2.35. The molecule has 1 rings (SSSR count). The van der Waals surface area contributed by atoms with Crippen molar-refractivity contribution in [1.29, 1.82) is 0 Å². The molecule has 0 bridgehead atoms. The number of rotatable bonds is 5. The molecule has 0 aromatic rings. The van der Waals surface area contributed by atoms with E-state index in [1.54, 1.807) is 0 Å². The number of hydrogen-bond donors (Lipinski definition) is 2. The summed E-state index contributed by atoms with van der Waals surface area (Å²) in [6, 6.07) is 0.223. The minimum atomic E-state index is -2.43. The molecule has 0 amide bonds. The van der Waals surface area contributed by atoms with Crippen LogP contribution in [0.5, 0.6) is 0 Å². The van der Waals surface area contributed by atoms with Gasteiger partial charge in [-0.15, -0.1) is 0 Å². The normalized spacial score (nSPS) is 24.0. The maximum Gasteiger partial charge on any atom is 0.248 e. The van der Waals surface area contributed by atoms with Crippen molar-refractivity contribution in [3.63, 3.8) is 0 Å². The topological polar surface area (TPSA) is 38.0 Å². The zero-order chi connectivity index (χ0) is 11.3. The lowest BCUT2D eigenvalue weighted by atomic mass is 9.81. The molecule has 0 radical (unpaired) electrons. The van der Waals surface area contributed by atoms with Gasteiger partial charge in [0, 0.05) is 18.9 Å². The van der Waals surface area contributed by atoms with Gasteiger partial charge in [0.1, 0.15) is 0 Å². The van der Waals surface area contributed by atoms with Gasteiger partial charge in [-0.25, -0.2) is 8.78 Å². The van der Waals surface area contributed by atoms with Crippen LogP contribution < -0.4 is 11.3 Å². The minimum Gasteiger partial charge on any atom is -0.271 e. The summed E-state index contributed by atoms with van der Waals surface area (Å²) in [5.74, 6) is 3.38. The lowest BCUT2D eigenvalue weighted by molar-refractivity contribution is -0.0499. The monoisotopic (exact) mass is 220 g/mol. The van der Waals surface area contributed by atoms with Gasteiger partial charge in [0.25, 0.3) is 0 Å². The summed E-state index contributed by atoms with van der Waals surface area (Å²) in [6.45, 7) is 2.13. The van der Waals surface area contributed by atoms with E-state index >= 15 is 0 Å². The van der Waals surface area contributed by atoms with E-state index in [9.17, 15) is 8.78 Å². The lowest BCUT2D eigenvalue weighted by Crippen LogP contribution is -2.43. The molecule has 1 saturated carbocycles. The SMILES string of the molecule is CCCCC(NN)C1CCC(F)(F)CC1. The van der Waals surface area contributed by atoms with Crippen molar-refractivity contribution in [1.82, 2.24) is 5.43 Å². The third kappa shape index (κ3) is 4.03. The van der Waals surface area contributed by atoms with Crippen molar-refractivity contribution >= 4 is 0 Å². The smallest absolute Gasteiger partial charge is 0.248 e. The Morgan fingerprint density at radius 2 is 2.00 bits per heavy atom. The Bertz CT molecular complexity index is 175. The molecule has 0 aromatic carbocycles. The van der Waals surface area contributed by atoms with Gasteiger partial charge in [-0.05, 0) is 25.2 Å². The van der Waals surface area contributed by atoms with Gasteiger partial charge in [0.2, 0.25) is 5.92 Å². The second-order valence-electron chi connectivity index (χ2n) is 4.61. The fraction of sp³-hybridized carbons (Fsp3) is 1.00. The van der Waals surface area contributed by atoms with Gasteiger partial charge in [-0.2, -0.15) is 0 Å². The van der Waals surface area contributed by atoms with E-state index in [1.807, 2.05) is 0 Å². The number of unbranched alkanes of at least 4 members (excludes halogenated alkanes) is 1. The van der Waals surface area contributed by atoms with E-state index in [2.05, 4.69) is 12.3 Å². The second-order valence-corrected chi connectivity index (χ2v) is 4.61. The highest BCUT2D eigenvalue weighted by Gasteiger charge is 2.37. The first-order valence-electron chi connectivity index (χ1n) is 5.93. The van der Waals surface area contributed by atoms with Crippen molar-refractivity contribution in [3.05, 3.63) is 0 Å². The molecule has 0 aromatic heterocycles. The van der Waals surface area contributed by atoms with Crippen molar-refractivity contribution in [2.75, 3.05) is 0 Å². The van der Waals surface area contributed by atoms with Crippen LogP contribution in [-0.2, 0) is 0 Å². The molecule has 1 fully saturated rings. The highest BCUT2D eigenvalue weighted by molar-refractivity contribution is 4.83. The van der Waals surface area contributed by atoms with E-state index in [1.165, 1.54) is 0 Å². The standard InChI is InChI=1S/C11H22F2N2/c1-2-3-4-10(15-14)9-5-7-11(12,13)8-6-9/h9-10,15H,2-8,14H2,1H3. The predicted molar refractivity (Wildman–Crippen MR) is 57.5 cm³/mol. The molecule has 15 heavy (non-hydrogen) atoms. The first kappa shape index (κ1) is 12.8. The van der Waals surface area contributed by atoms with Crippen LogP contribution in [0.2, 0.25) is 0 Å². The number of hydrogen-bond acceptors (Lipinski definition) is 2. The second kappa shape index (κ2) is 5.75. The van der Waals surface area contributed by atoms with Crippen LogP contribution in [0, 0.1) is 5.92 Å². The van der Waals surface area contributed by atoms with E-state index in [4.69, 9.17) is 5.84 Å². The molecule has 1 atom stereocenters. The molecule has 1 aliphatic carbocycles. The molecule has 1 aliphatic rings. The van der Waals surface area contributed by atoms with Crippen molar-refractivity contribution in [3.8, 4) is 0 Å². The Labute approximate surface area is 90.6 Å². The lowest BCUT2D eigenvalue weighted by Gasteiger charge is -2.33. The zero-order valence-electron chi connectivity index (χ0n) is 9.44. The van der Waals surface area contributed by atoms with Gasteiger partial charge in [0.05, 0.1) is 0 Å². The molecule has 0 aliphatic heterocycles. The fourth-order valence-electron chi connectivity index (χ4n) is 2.34. The summed E-state index contributed by atoms with van der Waals surface area (Å²) >= 11 is 0. The number of halogens is 2. The van der Waals surface area contributed by atoms with Gasteiger partial charge in [-0.3, -0.25) is 11.3 Å². The van der Waals surface area contributed by atoms with Crippen LogP contribution in [0.1, 0.15) is 51.9 Å². The fourth-order valence-corrected chi connectivity index (χ4v) is 2.34. The molecule has 0 heterocycles. The number of hydrazine groups is 1. The van der Waals surface area contributed by atoms with Crippen molar-refractivity contribution in [2.24, 2.45) is 11.8 Å². The summed E-state index contributed by atoms with van der Waals surface area (Å²) in [5, 5.41) is 0. The quantitative estimate of drug-likeness (QED) is 0.552. The summed E-state index contributed by atoms with van der Waals surface area (Å²) < 4.78 is 25.9. The molecule has 2 nitrogen and oxygen atoms in total. The Hall–Kier alpha value is -0.220. The number of alkyl halides is 2. The minimum absolute atomic E-state index is 0.0297. The summed E-state index contributed by atoms with van der Waals surface area (Å²) in [4.78, 5) is 0. The molecule has 0 spiro atoms. The highest BCUT2D eigenvalue weighted by Crippen LogP contribution is 2.38. The van der Waals surface area contributed by atoms with Crippen molar-refractivity contribution < 1.29 is 8.78 Å². The Kier molecular flexibility index (Phi) is 4.93. The summed E-state index contributed by atoms with van der Waals surface area (Å²) in [6.07, 6.45) is 4.51. The van der Waals surface area contributed by atoms with Crippen LogP contribution in [-0.4, -0.2) is 12.0 Å². The molecule has 90 valence electrons. The first-order chi connectivity index (χ1) is 7.09. The zero-order valence-corrected chi connectivity index (χ0v) is 9.44. The van der Waals surface area contributed by atoms with Crippen LogP contribution in [0.4, 0.5) is 8.78 Å². The molecule has 4 heteroatoms. The van der Waals surface area contributed by atoms with E-state index in [0.717, 1.165) is 19.3 Å². The summed E-state index contributed by atoms with van der Waals surface area (Å²) in [7, 11) is 0. The summed E-state index contributed by atoms with van der Waals surface area (Å²) in [5.41, 5.74) is 2.79. The van der Waals surface area contributed by atoms with E-state index in [0.29, 0.717) is 18.8 Å². The van der Waals surface area contributed by atoms with E-state index in [-0.39, 0.29) is 18.9 Å². The number of nitrogens with two attached hydrogens (primary N) is 1. The largest absolute Gasteiger partial charge is 0.271 e. The molecule has 3 N–H and O–H groups in total. The van der Waals surface area contributed by atoms with Crippen LogP contribution in [0.3, 0.4) is 0 Å². The predicted octanol–water partition coefficient (Wildman–Crippen LogP) is 2.83. The molecule has 1 unspecified atom stereocenters.